The second kappa shape index (κ2) is 8.41. The Hall–Kier alpha value is -3.26. The Bertz CT molecular complexity index is 911. The number of ether oxygens (including phenoxy) is 1. The van der Waals surface area contributed by atoms with Crippen LogP contribution in [0.3, 0.4) is 0 Å². The number of aryl methyl sites for hydroxylation is 1. The number of carboxylic acid groups (broad SMARTS) is 1. The van der Waals surface area contributed by atoms with Crippen molar-refractivity contribution < 1.29 is 14.6 Å². The Kier molecular flexibility index (Phi) is 5.77. The summed E-state index contributed by atoms with van der Waals surface area (Å²) >= 11 is 0. The van der Waals surface area contributed by atoms with E-state index in [9.17, 15) is 4.79 Å². The fourth-order valence-corrected chi connectivity index (χ4v) is 2.82. The normalized spacial score (nSPS) is 10.9. The molecule has 0 amide bonds. The number of aliphatic carboxylic acids is 1. The molecule has 0 radical (unpaired) electrons. The molecule has 8 heteroatoms. The van der Waals surface area contributed by atoms with Crippen LogP contribution in [0.1, 0.15) is 11.1 Å². The van der Waals surface area contributed by atoms with E-state index >= 15 is 0 Å². The first-order valence-corrected chi connectivity index (χ1v) is 8.40. The lowest BCUT2D eigenvalue weighted by molar-refractivity contribution is -0.139. The molecule has 8 nitrogen and oxygen atoms in total. The van der Waals surface area contributed by atoms with E-state index in [-0.39, 0.29) is 6.61 Å². The van der Waals surface area contributed by atoms with E-state index in [0.717, 1.165) is 22.3 Å². The molecule has 2 heterocycles. The zero-order valence-corrected chi connectivity index (χ0v) is 15.2. The summed E-state index contributed by atoms with van der Waals surface area (Å²) in [5.41, 5.74) is 3.83. The summed E-state index contributed by atoms with van der Waals surface area (Å²) in [6.07, 6.45) is 8.76. The molecule has 3 rings (SSSR count). The van der Waals surface area contributed by atoms with Crippen molar-refractivity contribution in [2.24, 2.45) is 7.05 Å². The van der Waals surface area contributed by atoms with Crippen molar-refractivity contribution in [3.05, 3.63) is 60.4 Å². The van der Waals surface area contributed by atoms with Crippen molar-refractivity contribution in [3.8, 4) is 16.9 Å². The molecule has 0 bridgehead atoms. The van der Waals surface area contributed by atoms with Crippen LogP contribution in [0, 0.1) is 0 Å². The average Bonchev–Trinajstić information content (AvgIpc) is 3.05. The highest BCUT2D eigenvalue weighted by molar-refractivity contribution is 5.69. The van der Waals surface area contributed by atoms with Gasteiger partial charge in [0.1, 0.15) is 12.1 Å². The summed E-state index contributed by atoms with van der Waals surface area (Å²) in [4.78, 5) is 21.1. The average molecular weight is 367 g/mol. The van der Waals surface area contributed by atoms with Gasteiger partial charge in [-0.05, 0) is 24.7 Å². The number of hydrogen-bond acceptors (Lipinski definition) is 6. The van der Waals surface area contributed by atoms with Crippen molar-refractivity contribution in [2.75, 3.05) is 13.7 Å². The Balaban J connectivity index is 1.83. The van der Waals surface area contributed by atoms with Crippen LogP contribution in [-0.2, 0) is 24.9 Å². The topological polar surface area (TPSA) is 93.4 Å². The highest BCUT2D eigenvalue weighted by Crippen LogP contribution is 2.27. The van der Waals surface area contributed by atoms with Crippen LogP contribution in [0.15, 0.2) is 49.3 Å². The predicted molar refractivity (Wildman–Crippen MR) is 99.0 cm³/mol. The molecule has 0 spiro atoms. The lowest BCUT2D eigenvalue weighted by atomic mass is 10.0. The van der Waals surface area contributed by atoms with Crippen molar-refractivity contribution in [2.45, 2.75) is 13.1 Å². The van der Waals surface area contributed by atoms with E-state index in [0.29, 0.717) is 18.8 Å². The lowest BCUT2D eigenvalue weighted by Crippen LogP contribution is -2.18. The largest absolute Gasteiger partial charge is 0.482 e. The quantitative estimate of drug-likeness (QED) is 0.650. The maximum Gasteiger partial charge on any atom is 0.341 e. The minimum atomic E-state index is -1.01. The smallest absolute Gasteiger partial charge is 0.341 e. The van der Waals surface area contributed by atoms with Gasteiger partial charge in [0.2, 0.25) is 0 Å². The van der Waals surface area contributed by atoms with E-state index in [2.05, 4.69) is 20.0 Å². The fourth-order valence-electron chi connectivity index (χ4n) is 2.82. The highest BCUT2D eigenvalue weighted by atomic mass is 16.5. The van der Waals surface area contributed by atoms with E-state index in [1.165, 1.54) is 6.33 Å². The maximum absolute atomic E-state index is 10.9. The van der Waals surface area contributed by atoms with Gasteiger partial charge in [0.05, 0.1) is 6.20 Å². The zero-order chi connectivity index (χ0) is 19.2. The van der Waals surface area contributed by atoms with Gasteiger partial charge in [0, 0.05) is 55.4 Å². The number of nitrogens with zero attached hydrogens (tertiary/aromatic N) is 5. The van der Waals surface area contributed by atoms with Crippen LogP contribution in [0.25, 0.3) is 11.1 Å². The molecule has 0 atom stereocenters. The monoisotopic (exact) mass is 367 g/mol. The zero-order valence-electron chi connectivity index (χ0n) is 15.2. The van der Waals surface area contributed by atoms with Gasteiger partial charge < -0.3 is 9.84 Å². The van der Waals surface area contributed by atoms with Crippen molar-refractivity contribution in [1.82, 2.24) is 24.6 Å². The summed E-state index contributed by atoms with van der Waals surface area (Å²) in [5, 5.41) is 13.1. The molecule has 0 aliphatic carbocycles. The predicted octanol–water partition coefficient (Wildman–Crippen LogP) is 1.97. The molecule has 0 aliphatic rings. The summed E-state index contributed by atoms with van der Waals surface area (Å²) in [6.45, 7) is 0.920. The summed E-state index contributed by atoms with van der Waals surface area (Å²) < 4.78 is 7.24. The van der Waals surface area contributed by atoms with E-state index in [1.807, 2.05) is 38.6 Å². The number of aromatic nitrogens is 4. The van der Waals surface area contributed by atoms with Gasteiger partial charge in [-0.3, -0.25) is 9.58 Å². The van der Waals surface area contributed by atoms with Gasteiger partial charge in [-0.2, -0.15) is 5.10 Å². The van der Waals surface area contributed by atoms with Gasteiger partial charge in [-0.15, -0.1) is 0 Å². The van der Waals surface area contributed by atoms with Gasteiger partial charge in [0.25, 0.3) is 0 Å². The third kappa shape index (κ3) is 5.11. The van der Waals surface area contributed by atoms with Gasteiger partial charge in [-0.25, -0.2) is 14.8 Å². The molecular formula is C19H21N5O3. The Labute approximate surface area is 157 Å². The van der Waals surface area contributed by atoms with Gasteiger partial charge >= 0.3 is 5.97 Å². The molecule has 0 aliphatic heterocycles. The molecule has 27 heavy (non-hydrogen) atoms. The van der Waals surface area contributed by atoms with Crippen molar-refractivity contribution in [1.29, 1.82) is 0 Å². The maximum atomic E-state index is 10.9. The highest BCUT2D eigenvalue weighted by Gasteiger charge is 2.12. The lowest BCUT2D eigenvalue weighted by Gasteiger charge is -2.19. The van der Waals surface area contributed by atoms with Crippen LogP contribution < -0.4 is 4.74 Å². The van der Waals surface area contributed by atoms with E-state index < -0.39 is 5.97 Å². The van der Waals surface area contributed by atoms with Gasteiger partial charge in [0.15, 0.2) is 6.61 Å². The third-order valence-corrected chi connectivity index (χ3v) is 3.96. The van der Waals surface area contributed by atoms with Crippen LogP contribution in [-0.4, -0.2) is 49.4 Å². The second-order valence-electron chi connectivity index (χ2n) is 6.33. The van der Waals surface area contributed by atoms with Crippen LogP contribution in [0.5, 0.6) is 5.75 Å². The number of benzene rings is 1. The molecule has 2 aromatic heterocycles. The summed E-state index contributed by atoms with van der Waals surface area (Å²) in [5.74, 6) is -0.457. The Morgan fingerprint density at radius 2 is 1.96 bits per heavy atom. The van der Waals surface area contributed by atoms with Crippen LogP contribution >= 0.6 is 0 Å². The molecule has 1 aromatic carbocycles. The standard InChI is InChI=1S/C19H21N5O3/c1-23(9-14-6-22-24(2)10-14)11-16-5-15(17-7-20-13-21-8-17)3-4-18(16)27-12-19(25)26/h3-8,10,13H,9,11-12H2,1-2H3,(H,25,26). The molecule has 140 valence electrons. The van der Waals surface area contributed by atoms with E-state index in [4.69, 9.17) is 9.84 Å². The minimum Gasteiger partial charge on any atom is -0.482 e. The molecule has 0 unspecified atom stereocenters. The molecule has 0 saturated heterocycles. The number of carboxylic acids is 1. The van der Waals surface area contributed by atoms with Crippen LogP contribution in [0.2, 0.25) is 0 Å². The number of hydrogen-bond donors (Lipinski definition) is 1. The Morgan fingerprint density at radius 1 is 1.19 bits per heavy atom. The fraction of sp³-hybridized carbons (Fsp3) is 0.263. The van der Waals surface area contributed by atoms with Gasteiger partial charge in [-0.1, -0.05) is 6.07 Å². The number of rotatable bonds is 8. The van der Waals surface area contributed by atoms with Crippen molar-refractivity contribution in [3.63, 3.8) is 0 Å². The summed E-state index contributed by atoms with van der Waals surface area (Å²) in [7, 11) is 3.87. The molecule has 0 fully saturated rings. The van der Waals surface area contributed by atoms with E-state index in [1.54, 1.807) is 23.1 Å². The molecule has 0 saturated carbocycles. The first kappa shape index (κ1) is 18.5. The van der Waals surface area contributed by atoms with Crippen LogP contribution in [0.4, 0.5) is 0 Å². The SMILES string of the molecule is CN(Cc1cnn(C)c1)Cc1cc(-c2cncnc2)ccc1OCC(=O)O. The summed E-state index contributed by atoms with van der Waals surface area (Å²) in [6, 6.07) is 5.65. The van der Waals surface area contributed by atoms with Crippen molar-refractivity contribution >= 4 is 5.97 Å². The Morgan fingerprint density at radius 3 is 2.63 bits per heavy atom. The first-order chi connectivity index (χ1) is 13.0. The molecule has 3 aromatic rings. The number of carbonyl (C=O) groups is 1. The minimum absolute atomic E-state index is 0.382. The molecular weight excluding hydrogens is 346 g/mol. The third-order valence-electron chi connectivity index (χ3n) is 3.96. The molecule has 1 N–H and O–H groups in total. The first-order valence-electron chi connectivity index (χ1n) is 8.40. The second-order valence-corrected chi connectivity index (χ2v) is 6.33.